The molecule has 22 heavy (non-hydrogen) atoms. The van der Waals surface area contributed by atoms with E-state index < -0.39 is 0 Å². The summed E-state index contributed by atoms with van der Waals surface area (Å²) >= 11 is 0. The molecule has 0 saturated carbocycles. The first kappa shape index (κ1) is 16.2. The van der Waals surface area contributed by atoms with Gasteiger partial charge in [0.05, 0.1) is 12.7 Å². The van der Waals surface area contributed by atoms with E-state index in [1.807, 2.05) is 13.8 Å². The molecule has 0 atom stereocenters. The smallest absolute Gasteiger partial charge is 0.239 e. The third-order valence-electron chi connectivity index (χ3n) is 3.61. The molecule has 2 N–H and O–H groups in total. The zero-order valence-corrected chi connectivity index (χ0v) is 13.1. The third kappa shape index (κ3) is 4.68. The van der Waals surface area contributed by atoms with Crippen molar-refractivity contribution in [1.29, 1.82) is 0 Å². The van der Waals surface area contributed by atoms with Gasteiger partial charge >= 0.3 is 0 Å². The van der Waals surface area contributed by atoms with Crippen molar-refractivity contribution >= 4 is 17.6 Å². The van der Waals surface area contributed by atoms with Crippen LogP contribution in [0.15, 0.2) is 18.6 Å². The largest absolute Gasteiger partial charge is 0.355 e. The van der Waals surface area contributed by atoms with Crippen LogP contribution in [0, 0.1) is 5.92 Å². The summed E-state index contributed by atoms with van der Waals surface area (Å²) < 4.78 is 0. The second kappa shape index (κ2) is 7.72. The summed E-state index contributed by atoms with van der Waals surface area (Å²) in [6.07, 6.45) is 6.56. The van der Waals surface area contributed by atoms with Gasteiger partial charge in [0.25, 0.3) is 0 Å². The van der Waals surface area contributed by atoms with Gasteiger partial charge in [0.2, 0.25) is 11.8 Å². The molecule has 2 rings (SSSR count). The minimum Gasteiger partial charge on any atom is -0.355 e. The molecule has 1 aliphatic rings. The summed E-state index contributed by atoms with van der Waals surface area (Å²) in [4.78, 5) is 34.1. The van der Waals surface area contributed by atoms with Gasteiger partial charge in [0.15, 0.2) is 0 Å². The van der Waals surface area contributed by atoms with Crippen LogP contribution in [0.3, 0.4) is 0 Å². The van der Waals surface area contributed by atoms with Crippen LogP contribution in [0.25, 0.3) is 0 Å². The number of hydrogen-bond acceptors (Lipinski definition) is 5. The normalized spacial score (nSPS) is 15.7. The van der Waals surface area contributed by atoms with Gasteiger partial charge in [0, 0.05) is 37.4 Å². The zero-order chi connectivity index (χ0) is 15.9. The molecule has 2 amide bonds. The molecule has 1 aromatic rings. The van der Waals surface area contributed by atoms with Gasteiger partial charge < -0.3 is 15.5 Å². The number of carbonyl (C=O) groups excluding carboxylic acids is 2. The van der Waals surface area contributed by atoms with Crippen molar-refractivity contribution in [1.82, 2.24) is 20.6 Å². The number of nitrogens with one attached hydrogen (secondary N) is 2. The van der Waals surface area contributed by atoms with Crippen molar-refractivity contribution < 1.29 is 9.59 Å². The number of amides is 2. The average Bonchev–Trinajstić information content (AvgIpc) is 2.53. The molecule has 1 fully saturated rings. The lowest BCUT2D eigenvalue weighted by Gasteiger charge is -2.31. The van der Waals surface area contributed by atoms with Crippen molar-refractivity contribution in [2.45, 2.75) is 32.7 Å². The van der Waals surface area contributed by atoms with Crippen LogP contribution in [-0.4, -0.2) is 47.5 Å². The molecule has 0 aromatic carbocycles. The van der Waals surface area contributed by atoms with Crippen LogP contribution in [0.2, 0.25) is 0 Å². The number of anilines is 1. The van der Waals surface area contributed by atoms with Gasteiger partial charge in [0.1, 0.15) is 5.82 Å². The molecule has 0 bridgehead atoms. The molecule has 0 radical (unpaired) electrons. The predicted octanol–water partition coefficient (Wildman–Crippen LogP) is 0.334. The van der Waals surface area contributed by atoms with E-state index in [0.717, 1.165) is 31.7 Å². The zero-order valence-electron chi connectivity index (χ0n) is 13.1. The maximum absolute atomic E-state index is 12.1. The molecular formula is C15H23N5O2. The number of nitrogens with zero attached hydrogens (tertiary/aromatic N) is 3. The summed E-state index contributed by atoms with van der Waals surface area (Å²) in [6.45, 7) is 5.37. The van der Waals surface area contributed by atoms with Crippen LogP contribution in [0.1, 0.15) is 26.7 Å². The topological polar surface area (TPSA) is 87.2 Å². The van der Waals surface area contributed by atoms with E-state index in [1.165, 1.54) is 0 Å². The molecule has 7 nitrogen and oxygen atoms in total. The Morgan fingerprint density at radius 1 is 1.32 bits per heavy atom. The number of hydrogen-bond donors (Lipinski definition) is 2. The Kier molecular flexibility index (Phi) is 5.68. The minimum atomic E-state index is -0.152. The summed E-state index contributed by atoms with van der Waals surface area (Å²) in [5, 5.41) is 5.47. The van der Waals surface area contributed by atoms with Crippen LogP contribution in [-0.2, 0) is 9.59 Å². The number of piperidine rings is 1. The Morgan fingerprint density at radius 2 is 2.05 bits per heavy atom. The van der Waals surface area contributed by atoms with E-state index in [2.05, 4.69) is 25.5 Å². The number of rotatable bonds is 5. The van der Waals surface area contributed by atoms with Crippen molar-refractivity contribution in [3.63, 3.8) is 0 Å². The first-order chi connectivity index (χ1) is 10.6. The molecule has 0 aliphatic carbocycles. The Morgan fingerprint density at radius 3 is 2.64 bits per heavy atom. The van der Waals surface area contributed by atoms with Gasteiger partial charge in [-0.25, -0.2) is 4.98 Å². The summed E-state index contributed by atoms with van der Waals surface area (Å²) in [5.74, 6) is 0.607. The Labute approximate surface area is 130 Å². The van der Waals surface area contributed by atoms with E-state index >= 15 is 0 Å². The molecule has 120 valence electrons. The Balaban J connectivity index is 1.74. The Bertz CT molecular complexity index is 498. The van der Waals surface area contributed by atoms with E-state index in [0.29, 0.717) is 0 Å². The molecular weight excluding hydrogens is 282 g/mol. The first-order valence-electron chi connectivity index (χ1n) is 7.64. The molecule has 0 spiro atoms. The quantitative estimate of drug-likeness (QED) is 0.819. The SMILES string of the molecule is CC(C)NC(=O)CNC(=O)C1CCN(c2cnccn2)CC1. The minimum absolute atomic E-state index is 0.0419. The van der Waals surface area contributed by atoms with Crippen LogP contribution < -0.4 is 15.5 Å². The second-order valence-corrected chi connectivity index (χ2v) is 5.76. The van der Waals surface area contributed by atoms with Crippen LogP contribution in [0.4, 0.5) is 5.82 Å². The van der Waals surface area contributed by atoms with Crippen molar-refractivity contribution in [2.75, 3.05) is 24.5 Å². The highest BCUT2D eigenvalue weighted by Crippen LogP contribution is 2.21. The van der Waals surface area contributed by atoms with E-state index in [4.69, 9.17) is 0 Å². The van der Waals surface area contributed by atoms with Crippen molar-refractivity contribution in [3.05, 3.63) is 18.6 Å². The standard InChI is InChI=1S/C15H23N5O2/c1-11(2)19-14(21)10-18-15(22)12-3-7-20(8-4-12)13-9-16-5-6-17-13/h5-6,9,11-12H,3-4,7-8,10H2,1-2H3,(H,18,22)(H,19,21). The highest BCUT2D eigenvalue weighted by molar-refractivity contribution is 5.86. The van der Waals surface area contributed by atoms with Crippen molar-refractivity contribution in [3.8, 4) is 0 Å². The lowest BCUT2D eigenvalue weighted by Crippen LogP contribution is -2.44. The third-order valence-corrected chi connectivity index (χ3v) is 3.61. The second-order valence-electron chi connectivity index (χ2n) is 5.76. The first-order valence-corrected chi connectivity index (χ1v) is 7.64. The van der Waals surface area contributed by atoms with Crippen LogP contribution >= 0.6 is 0 Å². The van der Waals surface area contributed by atoms with E-state index in [9.17, 15) is 9.59 Å². The fourth-order valence-corrected chi connectivity index (χ4v) is 2.51. The summed E-state index contributed by atoms with van der Waals surface area (Å²) in [5.41, 5.74) is 0. The maximum atomic E-state index is 12.1. The summed E-state index contributed by atoms with van der Waals surface area (Å²) in [7, 11) is 0. The number of carbonyl (C=O) groups is 2. The van der Waals surface area contributed by atoms with Gasteiger partial charge in [-0.15, -0.1) is 0 Å². The molecule has 2 heterocycles. The van der Waals surface area contributed by atoms with E-state index in [-0.39, 0.29) is 30.3 Å². The lowest BCUT2D eigenvalue weighted by atomic mass is 9.96. The fraction of sp³-hybridized carbons (Fsp3) is 0.600. The maximum Gasteiger partial charge on any atom is 0.239 e. The average molecular weight is 305 g/mol. The fourth-order valence-electron chi connectivity index (χ4n) is 2.51. The molecule has 1 aromatic heterocycles. The van der Waals surface area contributed by atoms with Gasteiger partial charge in [-0.1, -0.05) is 0 Å². The monoisotopic (exact) mass is 305 g/mol. The lowest BCUT2D eigenvalue weighted by molar-refractivity contribution is -0.129. The molecule has 1 aliphatic heterocycles. The summed E-state index contributed by atoms with van der Waals surface area (Å²) in [6, 6.07) is 0.0830. The molecule has 1 saturated heterocycles. The highest BCUT2D eigenvalue weighted by Gasteiger charge is 2.25. The Hall–Kier alpha value is -2.18. The molecule has 7 heteroatoms. The van der Waals surface area contributed by atoms with Crippen LogP contribution in [0.5, 0.6) is 0 Å². The predicted molar refractivity (Wildman–Crippen MR) is 83.3 cm³/mol. The van der Waals surface area contributed by atoms with E-state index in [1.54, 1.807) is 18.6 Å². The van der Waals surface area contributed by atoms with Gasteiger partial charge in [-0.2, -0.15) is 0 Å². The van der Waals surface area contributed by atoms with Gasteiger partial charge in [-0.3, -0.25) is 14.6 Å². The van der Waals surface area contributed by atoms with Gasteiger partial charge in [-0.05, 0) is 26.7 Å². The molecule has 0 unspecified atom stereocenters. The highest BCUT2D eigenvalue weighted by atomic mass is 16.2. The number of aromatic nitrogens is 2. The van der Waals surface area contributed by atoms with Crippen molar-refractivity contribution in [2.24, 2.45) is 5.92 Å².